The van der Waals surface area contributed by atoms with E-state index in [2.05, 4.69) is 10.3 Å². The smallest absolute Gasteiger partial charge is 0.411 e. The van der Waals surface area contributed by atoms with Crippen molar-refractivity contribution in [1.82, 2.24) is 18.7 Å². The first-order chi connectivity index (χ1) is 16.7. The zero-order valence-corrected chi connectivity index (χ0v) is 19.1. The summed E-state index contributed by atoms with van der Waals surface area (Å²) in [5.74, 6) is -0.854. The van der Waals surface area contributed by atoms with Crippen LogP contribution in [0.25, 0.3) is 22.1 Å². The van der Waals surface area contributed by atoms with E-state index < -0.39 is 35.5 Å². The molecule has 1 N–H and O–H groups in total. The molecule has 0 radical (unpaired) electrons. The highest BCUT2D eigenvalue weighted by atomic mass is 16.5. The van der Waals surface area contributed by atoms with Crippen LogP contribution in [0.3, 0.4) is 0 Å². The highest BCUT2D eigenvalue weighted by Crippen LogP contribution is 2.22. The van der Waals surface area contributed by atoms with E-state index in [0.29, 0.717) is 16.6 Å². The van der Waals surface area contributed by atoms with Crippen LogP contribution >= 0.6 is 0 Å². The van der Waals surface area contributed by atoms with Gasteiger partial charge in [-0.2, -0.15) is 0 Å². The Hall–Kier alpha value is -4.68. The Bertz CT molecular complexity index is 1640. The summed E-state index contributed by atoms with van der Waals surface area (Å²) in [5, 5.41) is 2.97. The van der Waals surface area contributed by atoms with Crippen LogP contribution in [-0.4, -0.2) is 37.4 Å². The Morgan fingerprint density at radius 2 is 1.89 bits per heavy atom. The van der Waals surface area contributed by atoms with E-state index in [0.717, 1.165) is 4.57 Å². The lowest BCUT2D eigenvalue weighted by Gasteiger charge is -2.10. The number of imidazole rings is 1. The number of fused-ring (bicyclic) bond motifs is 2. The molecule has 182 valence electrons. The zero-order valence-electron chi connectivity index (χ0n) is 19.1. The molecule has 0 saturated heterocycles. The summed E-state index contributed by atoms with van der Waals surface area (Å²) in [6.45, 7) is 0.921. The van der Waals surface area contributed by atoms with Gasteiger partial charge in [0.25, 0.3) is 5.56 Å². The number of nitrogens with one attached hydrogen (secondary N) is 1. The fourth-order valence-electron chi connectivity index (χ4n) is 3.58. The maximum Gasteiger partial charge on any atom is 0.411 e. The number of amides is 1. The predicted octanol–water partition coefficient (Wildman–Crippen LogP) is 0.852. The number of aromatic nitrogens is 4. The van der Waals surface area contributed by atoms with Crippen molar-refractivity contribution >= 4 is 39.9 Å². The van der Waals surface area contributed by atoms with E-state index in [1.165, 1.54) is 34.6 Å². The Labute approximate surface area is 196 Å². The average molecular weight is 483 g/mol. The molecule has 35 heavy (non-hydrogen) atoms. The minimum Gasteiger partial charge on any atom is -0.459 e. The van der Waals surface area contributed by atoms with Crippen LogP contribution in [0.1, 0.15) is 12.5 Å². The number of benzene rings is 1. The summed E-state index contributed by atoms with van der Waals surface area (Å²) in [4.78, 5) is 65.5. The van der Waals surface area contributed by atoms with Crippen molar-refractivity contribution < 1.29 is 23.5 Å². The monoisotopic (exact) mass is 483 g/mol. The van der Waals surface area contributed by atoms with Crippen LogP contribution in [0.4, 0.5) is 10.5 Å². The highest BCUT2D eigenvalue weighted by molar-refractivity contribution is 5.90. The Kier molecular flexibility index (Phi) is 6.23. The fourth-order valence-corrected chi connectivity index (χ4v) is 3.58. The van der Waals surface area contributed by atoms with Crippen molar-refractivity contribution in [2.75, 3.05) is 11.9 Å². The fraction of sp³-hybridized carbons (Fsp3) is 0.273. The average Bonchev–Trinajstić information content (AvgIpc) is 3.20. The molecule has 4 aromatic rings. The van der Waals surface area contributed by atoms with Crippen molar-refractivity contribution in [3.05, 3.63) is 67.4 Å². The first-order valence-corrected chi connectivity index (χ1v) is 10.5. The van der Waals surface area contributed by atoms with Crippen molar-refractivity contribution in [3.8, 4) is 0 Å². The lowest BCUT2D eigenvalue weighted by Crippen LogP contribution is -2.41. The lowest BCUT2D eigenvalue weighted by atomic mass is 10.1. The van der Waals surface area contributed by atoms with Gasteiger partial charge in [0.05, 0.1) is 12.9 Å². The maximum atomic E-state index is 12.8. The molecule has 13 nitrogen and oxygen atoms in total. The summed E-state index contributed by atoms with van der Waals surface area (Å²) < 4.78 is 18.6. The zero-order chi connectivity index (χ0) is 25.3. The summed E-state index contributed by atoms with van der Waals surface area (Å²) in [5.41, 5.74) is -0.875. The Morgan fingerprint density at radius 1 is 1.11 bits per heavy atom. The second-order valence-corrected chi connectivity index (χ2v) is 7.57. The molecule has 0 fully saturated rings. The van der Waals surface area contributed by atoms with Crippen molar-refractivity contribution in [2.24, 2.45) is 14.1 Å². The van der Waals surface area contributed by atoms with Gasteiger partial charge in [0, 0.05) is 42.9 Å². The molecule has 0 atom stereocenters. The molecule has 0 unspecified atom stereocenters. The molecule has 3 aromatic heterocycles. The second kappa shape index (κ2) is 9.29. The number of nitrogens with zero attached hydrogens (tertiary/aromatic N) is 4. The largest absolute Gasteiger partial charge is 0.459 e. The molecule has 1 aromatic carbocycles. The molecular formula is C22H21N5O8. The van der Waals surface area contributed by atoms with Crippen molar-refractivity contribution in [2.45, 2.75) is 20.1 Å². The molecular weight excluding hydrogens is 462 g/mol. The van der Waals surface area contributed by atoms with E-state index in [-0.39, 0.29) is 30.0 Å². The minimum absolute atomic E-state index is 0.157. The molecule has 0 bridgehead atoms. The normalized spacial score (nSPS) is 11.1. The third kappa shape index (κ3) is 4.55. The standard InChI is InChI=1S/C22H21N5O8/c1-4-33-21(31)24-13-5-6-14-12(7-16(28)35-15(14)8-13)10-34-17(29)9-27-20(30)18-19(23-11-25(18)2)26(3)22(27)32/h5-8,11H,4,9-10H2,1-3H3,(H,24,31). The number of hydrogen-bond acceptors (Lipinski definition) is 9. The topological polar surface area (TPSA) is 157 Å². The summed E-state index contributed by atoms with van der Waals surface area (Å²) >= 11 is 0. The Morgan fingerprint density at radius 3 is 2.63 bits per heavy atom. The second-order valence-electron chi connectivity index (χ2n) is 7.57. The van der Waals surface area contributed by atoms with E-state index >= 15 is 0 Å². The number of carbonyl (C=O) groups excluding carboxylic acids is 2. The first kappa shape index (κ1) is 23.5. The van der Waals surface area contributed by atoms with Crippen molar-refractivity contribution in [3.63, 3.8) is 0 Å². The predicted molar refractivity (Wildman–Crippen MR) is 123 cm³/mol. The van der Waals surface area contributed by atoms with E-state index in [1.807, 2.05) is 0 Å². The number of anilines is 1. The molecule has 4 rings (SSSR count). The summed E-state index contributed by atoms with van der Waals surface area (Å²) in [6, 6.07) is 5.75. The van der Waals surface area contributed by atoms with Gasteiger partial charge in [0.1, 0.15) is 18.7 Å². The molecule has 0 spiro atoms. The number of hydrogen-bond donors (Lipinski definition) is 1. The summed E-state index contributed by atoms with van der Waals surface area (Å²) in [6.07, 6.45) is 0.735. The third-order valence-electron chi connectivity index (χ3n) is 5.23. The van der Waals surface area contributed by atoms with E-state index in [1.54, 1.807) is 26.1 Å². The van der Waals surface area contributed by atoms with Crippen LogP contribution in [0.2, 0.25) is 0 Å². The van der Waals surface area contributed by atoms with Gasteiger partial charge < -0.3 is 18.5 Å². The van der Waals surface area contributed by atoms with Gasteiger partial charge in [-0.05, 0) is 19.1 Å². The maximum absolute atomic E-state index is 12.8. The van der Waals surface area contributed by atoms with E-state index in [4.69, 9.17) is 13.9 Å². The van der Waals surface area contributed by atoms with Crippen LogP contribution in [-0.2, 0) is 41.5 Å². The Balaban J connectivity index is 1.56. The van der Waals surface area contributed by atoms with Gasteiger partial charge in [-0.1, -0.05) is 0 Å². The number of ether oxygens (including phenoxy) is 2. The quantitative estimate of drug-likeness (QED) is 0.310. The highest BCUT2D eigenvalue weighted by Gasteiger charge is 2.18. The minimum atomic E-state index is -0.854. The lowest BCUT2D eigenvalue weighted by molar-refractivity contribution is -0.145. The molecule has 3 heterocycles. The number of carbonyl (C=O) groups is 2. The van der Waals surface area contributed by atoms with Crippen LogP contribution in [0.15, 0.2) is 49.4 Å². The van der Waals surface area contributed by atoms with Gasteiger partial charge in [-0.15, -0.1) is 0 Å². The summed E-state index contributed by atoms with van der Waals surface area (Å²) in [7, 11) is 3.04. The molecule has 0 aliphatic heterocycles. The third-order valence-corrected chi connectivity index (χ3v) is 5.23. The van der Waals surface area contributed by atoms with E-state index in [9.17, 15) is 24.0 Å². The van der Waals surface area contributed by atoms with Gasteiger partial charge in [-0.25, -0.2) is 23.9 Å². The number of esters is 1. The first-order valence-electron chi connectivity index (χ1n) is 10.5. The molecule has 1 amide bonds. The molecule has 0 saturated carbocycles. The SMILES string of the molecule is CCOC(=O)Nc1ccc2c(COC(=O)Cn3c(=O)c4c(ncn4C)n(C)c3=O)cc(=O)oc2c1. The molecule has 13 heteroatoms. The molecule has 0 aliphatic rings. The van der Waals surface area contributed by atoms with Gasteiger partial charge in [0.15, 0.2) is 11.2 Å². The van der Waals surface area contributed by atoms with Gasteiger partial charge in [0.2, 0.25) is 0 Å². The van der Waals surface area contributed by atoms with Crippen molar-refractivity contribution in [1.29, 1.82) is 0 Å². The van der Waals surface area contributed by atoms with Gasteiger partial charge >= 0.3 is 23.4 Å². The van der Waals surface area contributed by atoms with Crippen LogP contribution in [0.5, 0.6) is 0 Å². The van der Waals surface area contributed by atoms with Gasteiger partial charge in [-0.3, -0.25) is 19.5 Å². The number of rotatable bonds is 6. The molecule has 0 aliphatic carbocycles. The number of aryl methyl sites for hydroxylation is 2. The van der Waals surface area contributed by atoms with Crippen LogP contribution < -0.4 is 22.2 Å². The van der Waals surface area contributed by atoms with Crippen LogP contribution in [0, 0.1) is 0 Å².